The van der Waals surface area contributed by atoms with Gasteiger partial charge in [0.15, 0.2) is 11.2 Å². The average Bonchev–Trinajstić information content (AvgIpc) is 2.99. The van der Waals surface area contributed by atoms with Crippen LogP contribution < -0.4 is 16.7 Å². The summed E-state index contributed by atoms with van der Waals surface area (Å²) < 4.78 is 3.09. The normalized spacial score (nSPS) is 11.5. The van der Waals surface area contributed by atoms with Crippen molar-refractivity contribution in [2.24, 2.45) is 12.1 Å². The number of hydrogen-bond acceptors (Lipinski definition) is 5. The second-order valence-electron chi connectivity index (χ2n) is 6.21. The third-order valence-corrected chi connectivity index (χ3v) is 4.20. The fraction of sp³-hybridized carbons (Fsp3) is 0.333. The lowest BCUT2D eigenvalue weighted by Gasteiger charge is -2.06. The number of nitrogens with zero attached hydrogens (tertiary/aromatic N) is 4. The van der Waals surface area contributed by atoms with Crippen LogP contribution in [-0.2, 0) is 13.6 Å². The van der Waals surface area contributed by atoms with Crippen LogP contribution in [-0.4, -0.2) is 25.3 Å². The molecule has 3 aromatic rings. The number of fused-ring (bicyclic) bond motifs is 1. The molecule has 1 aromatic carbocycles. The van der Waals surface area contributed by atoms with Gasteiger partial charge in [0, 0.05) is 13.6 Å². The number of aryl methyl sites for hydroxylation is 3. The Morgan fingerprint density at radius 2 is 2.00 bits per heavy atom. The second kappa shape index (κ2) is 7.38. The van der Waals surface area contributed by atoms with Gasteiger partial charge in [-0.25, -0.2) is 10.2 Å². The number of nitrogens with one attached hydrogen (secondary N) is 2. The number of H-pyrrole nitrogens is 1. The predicted octanol–water partition coefficient (Wildman–Crippen LogP) is 1.98. The van der Waals surface area contributed by atoms with E-state index in [1.807, 2.05) is 31.2 Å². The zero-order chi connectivity index (χ0) is 18.7. The van der Waals surface area contributed by atoms with E-state index in [0.29, 0.717) is 23.7 Å². The van der Waals surface area contributed by atoms with Crippen molar-refractivity contribution in [2.45, 2.75) is 33.2 Å². The molecule has 0 unspecified atom stereocenters. The smallest absolute Gasteiger partial charge is 0.303 e. The first-order valence-corrected chi connectivity index (χ1v) is 8.56. The summed E-state index contributed by atoms with van der Waals surface area (Å²) in [6.07, 6.45) is 3.53. The van der Waals surface area contributed by atoms with E-state index in [0.717, 1.165) is 18.4 Å². The van der Waals surface area contributed by atoms with Crippen molar-refractivity contribution in [3.05, 3.63) is 56.2 Å². The number of hydrogen-bond donors (Lipinski definition) is 2. The van der Waals surface area contributed by atoms with Gasteiger partial charge in [-0.3, -0.25) is 14.3 Å². The molecule has 2 N–H and O–H groups in total. The first-order chi connectivity index (χ1) is 12.5. The van der Waals surface area contributed by atoms with Crippen molar-refractivity contribution in [1.82, 2.24) is 19.1 Å². The predicted molar refractivity (Wildman–Crippen MR) is 103 cm³/mol. The Hall–Kier alpha value is -3.16. The number of unbranched alkanes of at least 4 members (excludes halogenated alkanes) is 1. The first kappa shape index (κ1) is 17.7. The molecule has 0 atom stereocenters. The molecular formula is C18H22N6O2. The van der Waals surface area contributed by atoms with Crippen LogP contribution in [0, 0.1) is 6.92 Å². The maximum atomic E-state index is 12.3. The summed E-state index contributed by atoms with van der Waals surface area (Å²) in [7, 11) is 1.58. The van der Waals surface area contributed by atoms with E-state index in [1.54, 1.807) is 17.8 Å². The van der Waals surface area contributed by atoms with E-state index < -0.39 is 11.2 Å². The molecular weight excluding hydrogens is 332 g/mol. The number of aromatic nitrogens is 4. The standard InChI is InChI=1S/C18H22N6O2/c1-4-5-10-24-14-15(23(3)18(26)21-16(14)25)20-17(24)22-19-11-13-8-6-12(2)7-9-13/h6-9,11H,4-5,10H2,1-3H3,(H,20,22)(H,21,25,26)/b19-11-. The van der Waals surface area contributed by atoms with Crippen LogP contribution in [0.25, 0.3) is 11.2 Å². The highest BCUT2D eigenvalue weighted by molar-refractivity contribution is 5.80. The van der Waals surface area contributed by atoms with Crippen molar-refractivity contribution in [1.29, 1.82) is 0 Å². The summed E-state index contributed by atoms with van der Waals surface area (Å²) in [4.78, 5) is 30.8. The highest BCUT2D eigenvalue weighted by Crippen LogP contribution is 2.16. The molecule has 0 fully saturated rings. The van der Waals surface area contributed by atoms with Crippen LogP contribution in [0.15, 0.2) is 39.0 Å². The highest BCUT2D eigenvalue weighted by Gasteiger charge is 2.16. The summed E-state index contributed by atoms with van der Waals surface area (Å²) >= 11 is 0. The molecule has 0 saturated carbocycles. The summed E-state index contributed by atoms with van der Waals surface area (Å²) in [5, 5.41) is 4.23. The average molecular weight is 354 g/mol. The molecule has 3 rings (SSSR count). The van der Waals surface area contributed by atoms with Crippen LogP contribution in [0.5, 0.6) is 0 Å². The fourth-order valence-corrected chi connectivity index (χ4v) is 2.67. The van der Waals surface area contributed by atoms with E-state index in [4.69, 9.17) is 0 Å². The lowest BCUT2D eigenvalue weighted by atomic mass is 10.2. The van der Waals surface area contributed by atoms with Gasteiger partial charge in [0.2, 0.25) is 5.95 Å². The number of aromatic amines is 1. The van der Waals surface area contributed by atoms with Crippen LogP contribution in [0.1, 0.15) is 30.9 Å². The number of rotatable bonds is 6. The number of hydrazone groups is 1. The van der Waals surface area contributed by atoms with Crippen molar-refractivity contribution in [3.8, 4) is 0 Å². The second-order valence-corrected chi connectivity index (χ2v) is 6.21. The number of anilines is 1. The molecule has 0 aliphatic carbocycles. The van der Waals surface area contributed by atoms with Gasteiger partial charge in [-0.15, -0.1) is 0 Å². The summed E-state index contributed by atoms with van der Waals surface area (Å²) in [5.41, 5.74) is 4.80. The van der Waals surface area contributed by atoms with Crippen molar-refractivity contribution < 1.29 is 0 Å². The molecule has 8 heteroatoms. The maximum Gasteiger partial charge on any atom is 0.329 e. The molecule has 0 saturated heterocycles. The minimum atomic E-state index is -0.489. The maximum absolute atomic E-state index is 12.3. The lowest BCUT2D eigenvalue weighted by Crippen LogP contribution is -2.29. The van der Waals surface area contributed by atoms with Gasteiger partial charge in [-0.1, -0.05) is 43.2 Å². The Balaban J connectivity index is 1.99. The summed E-state index contributed by atoms with van der Waals surface area (Å²) in [5.74, 6) is 0.434. The third kappa shape index (κ3) is 3.44. The van der Waals surface area contributed by atoms with Gasteiger partial charge < -0.3 is 4.57 Å². The SMILES string of the molecule is CCCCn1c(N/N=C\c2ccc(C)cc2)nc2c1c(=O)[nH]c(=O)n2C. The van der Waals surface area contributed by atoms with Gasteiger partial charge in [0.25, 0.3) is 5.56 Å². The topological polar surface area (TPSA) is 97.1 Å². The Morgan fingerprint density at radius 3 is 2.69 bits per heavy atom. The third-order valence-electron chi connectivity index (χ3n) is 4.20. The van der Waals surface area contributed by atoms with Crippen molar-refractivity contribution >= 4 is 23.3 Å². The van der Waals surface area contributed by atoms with Crippen molar-refractivity contribution in [3.63, 3.8) is 0 Å². The van der Waals surface area contributed by atoms with Gasteiger partial charge in [-0.2, -0.15) is 10.1 Å². The summed E-state index contributed by atoms with van der Waals surface area (Å²) in [6, 6.07) is 7.95. The first-order valence-electron chi connectivity index (χ1n) is 8.56. The zero-order valence-electron chi connectivity index (χ0n) is 15.1. The van der Waals surface area contributed by atoms with Gasteiger partial charge >= 0.3 is 5.69 Å². The molecule has 0 aliphatic rings. The van der Waals surface area contributed by atoms with Crippen LogP contribution in [0.4, 0.5) is 5.95 Å². The highest BCUT2D eigenvalue weighted by atomic mass is 16.2. The van der Waals surface area contributed by atoms with Crippen LogP contribution >= 0.6 is 0 Å². The Bertz CT molecular complexity index is 1060. The van der Waals surface area contributed by atoms with E-state index in [9.17, 15) is 9.59 Å². The minimum Gasteiger partial charge on any atom is -0.303 e. The largest absolute Gasteiger partial charge is 0.329 e. The van der Waals surface area contributed by atoms with Crippen molar-refractivity contribution in [2.75, 3.05) is 5.43 Å². The Labute approximate surface area is 150 Å². The molecule has 0 radical (unpaired) electrons. The fourth-order valence-electron chi connectivity index (χ4n) is 2.67. The van der Waals surface area contributed by atoms with Gasteiger partial charge in [0.1, 0.15) is 0 Å². The van der Waals surface area contributed by atoms with Crippen LogP contribution in [0.2, 0.25) is 0 Å². The summed E-state index contributed by atoms with van der Waals surface area (Å²) in [6.45, 7) is 4.70. The van der Waals surface area contributed by atoms with Gasteiger partial charge in [-0.05, 0) is 18.9 Å². The Morgan fingerprint density at radius 1 is 1.27 bits per heavy atom. The van der Waals surface area contributed by atoms with E-state index in [2.05, 4.69) is 27.4 Å². The van der Waals surface area contributed by atoms with Crippen LogP contribution in [0.3, 0.4) is 0 Å². The van der Waals surface area contributed by atoms with Gasteiger partial charge in [0.05, 0.1) is 6.21 Å². The molecule has 2 aromatic heterocycles. The quantitative estimate of drug-likeness (QED) is 0.522. The molecule has 0 amide bonds. The molecule has 8 nitrogen and oxygen atoms in total. The zero-order valence-corrected chi connectivity index (χ0v) is 15.1. The van der Waals surface area contributed by atoms with E-state index >= 15 is 0 Å². The monoisotopic (exact) mass is 354 g/mol. The molecule has 26 heavy (non-hydrogen) atoms. The van der Waals surface area contributed by atoms with E-state index in [-0.39, 0.29) is 0 Å². The minimum absolute atomic E-state index is 0.336. The molecule has 0 spiro atoms. The number of imidazole rings is 1. The lowest BCUT2D eigenvalue weighted by molar-refractivity contribution is 0.647. The molecule has 0 aliphatic heterocycles. The molecule has 136 valence electrons. The molecule has 0 bridgehead atoms. The number of benzene rings is 1. The Kier molecular flexibility index (Phi) is 5.01. The van der Waals surface area contributed by atoms with E-state index in [1.165, 1.54) is 10.1 Å². The molecule has 2 heterocycles.